The van der Waals surface area contributed by atoms with Crippen molar-refractivity contribution in [3.05, 3.63) is 28.2 Å². The molecule has 1 aliphatic heterocycles. The molecule has 0 aliphatic carbocycles. The standard InChI is InChI=1S/C14H17BrN2O3/c15-10-6-9(14(19)20)7-11(8-10)17-13(18)12-4-2-1-3-5-16-12/h6-8,12,16H,1-5H2,(H,17,18)(H,19,20). The van der Waals surface area contributed by atoms with Crippen LogP contribution in [0.25, 0.3) is 0 Å². The molecule has 1 aliphatic rings. The Kier molecular flexibility index (Phi) is 5.14. The molecule has 0 radical (unpaired) electrons. The summed E-state index contributed by atoms with van der Waals surface area (Å²) >= 11 is 3.25. The highest BCUT2D eigenvalue weighted by atomic mass is 79.9. The highest BCUT2D eigenvalue weighted by molar-refractivity contribution is 9.10. The van der Waals surface area contributed by atoms with E-state index in [0.29, 0.717) is 10.2 Å². The number of carboxylic acid groups (broad SMARTS) is 1. The van der Waals surface area contributed by atoms with Gasteiger partial charge in [-0.1, -0.05) is 28.8 Å². The number of amides is 1. The third-order valence-corrected chi connectivity index (χ3v) is 3.75. The average Bonchev–Trinajstić information content (AvgIpc) is 2.66. The van der Waals surface area contributed by atoms with Gasteiger partial charge in [-0.15, -0.1) is 0 Å². The van der Waals surface area contributed by atoms with Crippen LogP contribution in [0.4, 0.5) is 5.69 Å². The summed E-state index contributed by atoms with van der Waals surface area (Å²) in [6, 6.07) is 4.45. The molecule has 1 amide bonds. The van der Waals surface area contributed by atoms with E-state index >= 15 is 0 Å². The Bertz CT molecular complexity index is 511. The fourth-order valence-electron chi connectivity index (χ4n) is 2.27. The van der Waals surface area contributed by atoms with E-state index in [9.17, 15) is 9.59 Å². The van der Waals surface area contributed by atoms with Crippen molar-refractivity contribution in [1.82, 2.24) is 5.32 Å². The number of anilines is 1. The second-order valence-corrected chi connectivity index (χ2v) is 5.79. The Morgan fingerprint density at radius 2 is 2.05 bits per heavy atom. The summed E-state index contributed by atoms with van der Waals surface area (Å²) in [4.78, 5) is 23.2. The third kappa shape index (κ3) is 4.05. The maximum Gasteiger partial charge on any atom is 0.335 e. The zero-order valence-corrected chi connectivity index (χ0v) is 12.6. The van der Waals surface area contributed by atoms with Crippen LogP contribution in [0.1, 0.15) is 36.0 Å². The van der Waals surface area contributed by atoms with Gasteiger partial charge in [0.25, 0.3) is 0 Å². The van der Waals surface area contributed by atoms with E-state index < -0.39 is 5.97 Å². The van der Waals surface area contributed by atoms with E-state index in [2.05, 4.69) is 26.6 Å². The maximum atomic E-state index is 12.2. The van der Waals surface area contributed by atoms with Crippen molar-refractivity contribution in [3.8, 4) is 0 Å². The smallest absolute Gasteiger partial charge is 0.335 e. The van der Waals surface area contributed by atoms with Gasteiger partial charge in [-0.2, -0.15) is 0 Å². The summed E-state index contributed by atoms with van der Waals surface area (Å²) in [6.45, 7) is 0.844. The van der Waals surface area contributed by atoms with Crippen molar-refractivity contribution in [2.75, 3.05) is 11.9 Å². The van der Waals surface area contributed by atoms with Crippen LogP contribution in [-0.2, 0) is 4.79 Å². The Balaban J connectivity index is 2.08. The summed E-state index contributed by atoms with van der Waals surface area (Å²) in [7, 11) is 0. The Labute approximate surface area is 125 Å². The molecule has 5 nitrogen and oxygen atoms in total. The van der Waals surface area contributed by atoms with Gasteiger partial charge in [0.2, 0.25) is 5.91 Å². The maximum absolute atomic E-state index is 12.2. The lowest BCUT2D eigenvalue weighted by Crippen LogP contribution is -2.39. The van der Waals surface area contributed by atoms with Gasteiger partial charge in [0, 0.05) is 10.2 Å². The van der Waals surface area contributed by atoms with Crippen LogP contribution in [0.2, 0.25) is 0 Å². The third-order valence-electron chi connectivity index (χ3n) is 3.29. The first-order chi connectivity index (χ1) is 9.56. The number of rotatable bonds is 3. The van der Waals surface area contributed by atoms with E-state index in [1.54, 1.807) is 6.07 Å². The van der Waals surface area contributed by atoms with Gasteiger partial charge in [0.1, 0.15) is 0 Å². The number of halogens is 1. The molecule has 1 heterocycles. The summed E-state index contributed by atoms with van der Waals surface area (Å²) in [5, 5.41) is 15.0. The van der Waals surface area contributed by atoms with Crippen LogP contribution in [-0.4, -0.2) is 29.6 Å². The lowest BCUT2D eigenvalue weighted by molar-refractivity contribution is -0.118. The largest absolute Gasteiger partial charge is 0.478 e. The predicted molar refractivity (Wildman–Crippen MR) is 80.0 cm³/mol. The monoisotopic (exact) mass is 340 g/mol. The van der Waals surface area contributed by atoms with Crippen molar-refractivity contribution >= 4 is 33.5 Å². The van der Waals surface area contributed by atoms with Crippen molar-refractivity contribution in [2.24, 2.45) is 0 Å². The van der Waals surface area contributed by atoms with Gasteiger partial charge in [0.15, 0.2) is 0 Å². The number of carbonyl (C=O) groups excluding carboxylic acids is 1. The summed E-state index contributed by atoms with van der Waals surface area (Å²) in [5.41, 5.74) is 0.635. The van der Waals surface area contributed by atoms with Crippen LogP contribution < -0.4 is 10.6 Å². The second kappa shape index (κ2) is 6.85. The van der Waals surface area contributed by atoms with Crippen LogP contribution in [0.3, 0.4) is 0 Å². The molecule has 1 aromatic carbocycles. The van der Waals surface area contributed by atoms with Gasteiger partial charge >= 0.3 is 5.97 Å². The number of carbonyl (C=O) groups is 2. The molecule has 6 heteroatoms. The van der Waals surface area contributed by atoms with Gasteiger partial charge in [-0.3, -0.25) is 4.79 Å². The Morgan fingerprint density at radius 1 is 1.25 bits per heavy atom. The number of hydrogen-bond acceptors (Lipinski definition) is 3. The minimum Gasteiger partial charge on any atom is -0.478 e. The highest BCUT2D eigenvalue weighted by Crippen LogP contribution is 2.20. The first-order valence-corrected chi connectivity index (χ1v) is 7.44. The summed E-state index contributed by atoms with van der Waals surface area (Å²) in [5.74, 6) is -1.13. The molecule has 1 saturated heterocycles. The number of benzene rings is 1. The van der Waals surface area contributed by atoms with Crippen molar-refractivity contribution in [3.63, 3.8) is 0 Å². The molecule has 0 aromatic heterocycles. The van der Waals surface area contributed by atoms with E-state index in [1.165, 1.54) is 12.1 Å². The van der Waals surface area contributed by atoms with E-state index in [4.69, 9.17) is 5.11 Å². The van der Waals surface area contributed by atoms with Gasteiger partial charge in [0.05, 0.1) is 11.6 Å². The van der Waals surface area contributed by atoms with Crippen LogP contribution in [0.5, 0.6) is 0 Å². The molecule has 2 rings (SSSR count). The lowest BCUT2D eigenvalue weighted by atomic mass is 10.1. The van der Waals surface area contributed by atoms with Crippen molar-refractivity contribution < 1.29 is 14.7 Å². The van der Waals surface area contributed by atoms with E-state index in [1.807, 2.05) is 0 Å². The highest BCUT2D eigenvalue weighted by Gasteiger charge is 2.20. The van der Waals surface area contributed by atoms with Crippen LogP contribution in [0.15, 0.2) is 22.7 Å². The average molecular weight is 341 g/mol. The summed E-state index contributed by atoms with van der Waals surface area (Å²) in [6.07, 6.45) is 4.07. The molecular formula is C14H17BrN2O3. The molecule has 20 heavy (non-hydrogen) atoms. The van der Waals surface area contributed by atoms with Crippen LogP contribution in [0, 0.1) is 0 Å². The molecule has 0 spiro atoms. The predicted octanol–water partition coefficient (Wildman–Crippen LogP) is 2.62. The number of hydrogen-bond donors (Lipinski definition) is 3. The quantitative estimate of drug-likeness (QED) is 0.790. The number of aromatic carboxylic acids is 1. The first-order valence-electron chi connectivity index (χ1n) is 6.64. The normalized spacial score (nSPS) is 19.1. The topological polar surface area (TPSA) is 78.4 Å². The molecule has 1 fully saturated rings. The summed E-state index contributed by atoms with van der Waals surface area (Å²) < 4.78 is 0.626. The molecule has 1 aromatic rings. The zero-order valence-electron chi connectivity index (χ0n) is 11.0. The van der Waals surface area contributed by atoms with Gasteiger partial charge in [-0.25, -0.2) is 4.79 Å². The molecule has 1 atom stereocenters. The minimum atomic E-state index is -1.02. The second-order valence-electron chi connectivity index (χ2n) is 4.88. The zero-order chi connectivity index (χ0) is 14.5. The fourth-order valence-corrected chi connectivity index (χ4v) is 2.76. The molecule has 1 unspecified atom stereocenters. The molecule has 108 valence electrons. The Morgan fingerprint density at radius 3 is 2.80 bits per heavy atom. The molecular weight excluding hydrogens is 324 g/mol. The van der Waals surface area contributed by atoms with E-state index in [0.717, 1.165) is 32.2 Å². The molecule has 0 bridgehead atoms. The number of carboxylic acids is 1. The first kappa shape index (κ1) is 15.0. The minimum absolute atomic E-state index is 0.110. The molecule has 3 N–H and O–H groups in total. The fraction of sp³-hybridized carbons (Fsp3) is 0.429. The Hall–Kier alpha value is -1.40. The van der Waals surface area contributed by atoms with Crippen LogP contribution >= 0.6 is 15.9 Å². The van der Waals surface area contributed by atoms with Gasteiger partial charge < -0.3 is 15.7 Å². The van der Waals surface area contributed by atoms with Crippen molar-refractivity contribution in [1.29, 1.82) is 0 Å². The van der Waals surface area contributed by atoms with Crippen molar-refractivity contribution in [2.45, 2.75) is 31.7 Å². The molecule has 0 saturated carbocycles. The van der Waals surface area contributed by atoms with Gasteiger partial charge in [-0.05, 0) is 37.6 Å². The lowest BCUT2D eigenvalue weighted by Gasteiger charge is -2.16. The SMILES string of the molecule is O=C(O)c1cc(Br)cc(NC(=O)C2CCCCCN2)c1. The van der Waals surface area contributed by atoms with E-state index in [-0.39, 0.29) is 17.5 Å². The number of nitrogens with one attached hydrogen (secondary N) is 2.